The Hall–Kier alpha value is -1.94. The Balaban J connectivity index is 1.97. The summed E-state index contributed by atoms with van der Waals surface area (Å²) in [6.07, 6.45) is 1.00. The smallest absolute Gasteiger partial charge is 0.258 e. The van der Waals surface area contributed by atoms with Crippen LogP contribution in [0.5, 0.6) is 0 Å². The van der Waals surface area contributed by atoms with Crippen LogP contribution < -0.4 is 10.6 Å². The summed E-state index contributed by atoms with van der Waals surface area (Å²) in [5.74, 6) is 1.09. The van der Waals surface area contributed by atoms with Gasteiger partial charge in [0.15, 0.2) is 0 Å². The average Bonchev–Trinajstić information content (AvgIpc) is 2.69. The number of rotatable bonds is 1. The van der Waals surface area contributed by atoms with E-state index in [2.05, 4.69) is 6.07 Å². The lowest BCUT2D eigenvalue weighted by Gasteiger charge is -2.22. The molecule has 1 heterocycles. The minimum Gasteiger partial charge on any atom is -0.399 e. The number of amides is 1. The Morgan fingerprint density at radius 2 is 1.85 bits per heavy atom. The summed E-state index contributed by atoms with van der Waals surface area (Å²) in [6.45, 7) is 0.757. The van der Waals surface area contributed by atoms with Crippen LogP contribution in [0.25, 0.3) is 0 Å². The van der Waals surface area contributed by atoms with Crippen molar-refractivity contribution in [1.29, 1.82) is 0 Å². The Labute approximate surface area is 122 Å². The van der Waals surface area contributed by atoms with E-state index in [9.17, 15) is 4.79 Å². The Morgan fingerprint density at radius 1 is 1.10 bits per heavy atom. The number of benzene rings is 2. The van der Waals surface area contributed by atoms with Crippen molar-refractivity contribution in [3.05, 3.63) is 54.1 Å². The molecule has 20 heavy (non-hydrogen) atoms. The first-order chi connectivity index (χ1) is 9.75. The summed E-state index contributed by atoms with van der Waals surface area (Å²) in [4.78, 5) is 15.8. The van der Waals surface area contributed by atoms with Gasteiger partial charge >= 0.3 is 0 Å². The zero-order valence-corrected chi connectivity index (χ0v) is 11.9. The molecule has 0 bridgehead atoms. The maximum absolute atomic E-state index is 12.7. The van der Waals surface area contributed by atoms with E-state index >= 15 is 0 Å². The molecule has 0 unspecified atom stereocenters. The number of hydrogen-bond acceptors (Lipinski definition) is 3. The van der Waals surface area contributed by atoms with Gasteiger partial charge in [0, 0.05) is 22.7 Å². The van der Waals surface area contributed by atoms with Crippen LogP contribution in [0.2, 0.25) is 0 Å². The van der Waals surface area contributed by atoms with Crippen LogP contribution in [0.15, 0.2) is 53.4 Å². The van der Waals surface area contributed by atoms with Gasteiger partial charge in [0.1, 0.15) is 0 Å². The number of fused-ring (bicyclic) bond motifs is 1. The zero-order chi connectivity index (χ0) is 13.9. The highest BCUT2D eigenvalue weighted by Gasteiger charge is 2.22. The molecule has 0 atom stereocenters. The van der Waals surface area contributed by atoms with Crippen molar-refractivity contribution < 1.29 is 4.79 Å². The number of hydrogen-bond donors (Lipinski definition) is 1. The van der Waals surface area contributed by atoms with Crippen molar-refractivity contribution in [3.8, 4) is 0 Å². The van der Waals surface area contributed by atoms with E-state index < -0.39 is 0 Å². The van der Waals surface area contributed by atoms with Gasteiger partial charge in [-0.15, -0.1) is 11.8 Å². The fraction of sp³-hybridized carbons (Fsp3) is 0.188. The maximum atomic E-state index is 12.7. The first-order valence-corrected chi connectivity index (χ1v) is 7.63. The van der Waals surface area contributed by atoms with E-state index in [1.807, 2.05) is 34.9 Å². The molecule has 0 fully saturated rings. The molecule has 0 aliphatic carbocycles. The number of carbonyl (C=O) groups is 1. The lowest BCUT2D eigenvalue weighted by molar-refractivity contribution is 0.0986. The normalized spacial score (nSPS) is 14.5. The predicted octanol–water partition coefficient (Wildman–Crippen LogP) is 3.41. The molecule has 1 aliphatic rings. The van der Waals surface area contributed by atoms with Gasteiger partial charge < -0.3 is 10.6 Å². The van der Waals surface area contributed by atoms with E-state index in [0.717, 1.165) is 24.4 Å². The molecule has 0 spiro atoms. The number of carbonyl (C=O) groups excluding carboxylic acids is 1. The average molecular weight is 284 g/mol. The predicted molar refractivity (Wildman–Crippen MR) is 84.3 cm³/mol. The second-order valence-corrected chi connectivity index (χ2v) is 5.89. The Bertz CT molecular complexity index is 625. The van der Waals surface area contributed by atoms with Gasteiger partial charge in [-0.25, -0.2) is 0 Å². The number of nitrogens with two attached hydrogens (primary N) is 1. The van der Waals surface area contributed by atoms with Crippen molar-refractivity contribution in [1.82, 2.24) is 0 Å². The first-order valence-electron chi connectivity index (χ1n) is 6.65. The number of nitrogens with zero attached hydrogens (tertiary/aromatic N) is 1. The minimum atomic E-state index is 0.0416. The molecule has 1 aliphatic heterocycles. The summed E-state index contributed by atoms with van der Waals surface area (Å²) in [5.41, 5.74) is 8.05. The number of para-hydroxylation sites is 1. The summed E-state index contributed by atoms with van der Waals surface area (Å²) in [6, 6.07) is 15.2. The van der Waals surface area contributed by atoms with E-state index in [1.165, 1.54) is 4.90 Å². The Morgan fingerprint density at radius 3 is 2.65 bits per heavy atom. The summed E-state index contributed by atoms with van der Waals surface area (Å²) in [7, 11) is 0. The highest BCUT2D eigenvalue weighted by atomic mass is 32.2. The molecule has 0 saturated heterocycles. The topological polar surface area (TPSA) is 46.3 Å². The molecule has 2 N–H and O–H groups in total. The van der Waals surface area contributed by atoms with Crippen LogP contribution in [0.3, 0.4) is 0 Å². The van der Waals surface area contributed by atoms with Gasteiger partial charge in [-0.2, -0.15) is 0 Å². The molecule has 0 radical (unpaired) electrons. The van der Waals surface area contributed by atoms with Gasteiger partial charge in [0.25, 0.3) is 5.91 Å². The van der Waals surface area contributed by atoms with Crippen molar-refractivity contribution in [2.24, 2.45) is 0 Å². The fourth-order valence-corrected chi connectivity index (χ4v) is 3.31. The molecule has 1 amide bonds. The third-order valence-corrected chi connectivity index (χ3v) is 4.49. The SMILES string of the molecule is Nc1ccc(C(=O)N2CCCSc3ccccc32)cc1. The van der Waals surface area contributed by atoms with Crippen LogP contribution in [0.4, 0.5) is 11.4 Å². The van der Waals surface area contributed by atoms with Crippen molar-refractivity contribution >= 4 is 29.0 Å². The standard InChI is InChI=1S/C16H16N2OS/c17-13-8-6-12(7-9-13)16(19)18-10-3-11-20-15-5-2-1-4-14(15)18/h1-2,4-9H,3,10-11,17H2. The van der Waals surface area contributed by atoms with Crippen LogP contribution in [-0.4, -0.2) is 18.2 Å². The lowest BCUT2D eigenvalue weighted by Crippen LogP contribution is -2.31. The molecule has 2 aromatic rings. The lowest BCUT2D eigenvalue weighted by atomic mass is 10.1. The largest absolute Gasteiger partial charge is 0.399 e. The summed E-state index contributed by atoms with van der Waals surface area (Å²) < 4.78 is 0. The van der Waals surface area contributed by atoms with Gasteiger partial charge in [-0.05, 0) is 48.6 Å². The monoisotopic (exact) mass is 284 g/mol. The number of anilines is 2. The molecule has 0 aromatic heterocycles. The quantitative estimate of drug-likeness (QED) is 0.816. The second kappa shape index (κ2) is 5.59. The zero-order valence-electron chi connectivity index (χ0n) is 11.1. The fourth-order valence-electron chi connectivity index (χ4n) is 2.32. The van der Waals surface area contributed by atoms with Gasteiger partial charge in [-0.1, -0.05) is 12.1 Å². The third-order valence-electron chi connectivity index (χ3n) is 3.34. The van der Waals surface area contributed by atoms with Crippen molar-refractivity contribution in [2.45, 2.75) is 11.3 Å². The van der Waals surface area contributed by atoms with E-state index in [4.69, 9.17) is 5.73 Å². The molecular formula is C16H16N2OS. The molecule has 4 heteroatoms. The van der Waals surface area contributed by atoms with Crippen molar-refractivity contribution in [3.63, 3.8) is 0 Å². The first kappa shape index (κ1) is 13.1. The van der Waals surface area contributed by atoms with E-state index in [-0.39, 0.29) is 5.91 Å². The Kier molecular flexibility index (Phi) is 3.65. The second-order valence-electron chi connectivity index (χ2n) is 4.75. The maximum Gasteiger partial charge on any atom is 0.258 e. The molecule has 2 aromatic carbocycles. The number of thioether (sulfide) groups is 1. The molecule has 3 nitrogen and oxygen atoms in total. The van der Waals surface area contributed by atoms with Crippen molar-refractivity contribution in [2.75, 3.05) is 22.9 Å². The van der Waals surface area contributed by atoms with Crippen LogP contribution in [0, 0.1) is 0 Å². The minimum absolute atomic E-state index is 0.0416. The van der Waals surface area contributed by atoms with Gasteiger partial charge in [0.2, 0.25) is 0 Å². The van der Waals surface area contributed by atoms with E-state index in [1.54, 1.807) is 24.3 Å². The van der Waals surface area contributed by atoms with E-state index in [0.29, 0.717) is 11.3 Å². The molecular weight excluding hydrogens is 268 g/mol. The summed E-state index contributed by atoms with van der Waals surface area (Å²) in [5, 5.41) is 0. The highest BCUT2D eigenvalue weighted by molar-refractivity contribution is 7.99. The van der Waals surface area contributed by atoms with Crippen LogP contribution >= 0.6 is 11.8 Å². The molecule has 102 valence electrons. The van der Waals surface area contributed by atoms with Crippen LogP contribution in [-0.2, 0) is 0 Å². The van der Waals surface area contributed by atoms with Gasteiger partial charge in [-0.3, -0.25) is 4.79 Å². The van der Waals surface area contributed by atoms with Gasteiger partial charge in [0.05, 0.1) is 5.69 Å². The third kappa shape index (κ3) is 2.51. The molecule has 0 saturated carbocycles. The van der Waals surface area contributed by atoms with Crippen LogP contribution in [0.1, 0.15) is 16.8 Å². The summed E-state index contributed by atoms with van der Waals surface area (Å²) >= 11 is 1.81. The number of nitrogen functional groups attached to an aromatic ring is 1. The highest BCUT2D eigenvalue weighted by Crippen LogP contribution is 2.34. The molecule has 3 rings (SSSR count).